The molecule has 0 unspecified atom stereocenters. The number of nitrogens with zero attached hydrogens (tertiary/aromatic N) is 1. The smallest absolute Gasteiger partial charge is 0.251 e. The maximum Gasteiger partial charge on any atom is 0.251 e. The van der Waals surface area contributed by atoms with Crippen LogP contribution in [0.25, 0.3) is 0 Å². The summed E-state index contributed by atoms with van der Waals surface area (Å²) in [6, 6.07) is 8.56. The van der Waals surface area contributed by atoms with E-state index in [4.69, 9.17) is 0 Å². The van der Waals surface area contributed by atoms with E-state index >= 15 is 0 Å². The van der Waals surface area contributed by atoms with Crippen molar-refractivity contribution in [2.45, 2.75) is 19.0 Å². The van der Waals surface area contributed by atoms with Gasteiger partial charge < -0.3 is 5.32 Å². The van der Waals surface area contributed by atoms with E-state index in [0.717, 1.165) is 12.1 Å². The predicted octanol–water partition coefficient (Wildman–Crippen LogP) is 1.98. The highest BCUT2D eigenvalue weighted by Crippen LogP contribution is 2.22. The van der Waals surface area contributed by atoms with Crippen LogP contribution < -0.4 is 5.32 Å². The average Bonchev–Trinajstić information content (AvgIpc) is 2.92. The van der Waals surface area contributed by atoms with Crippen molar-refractivity contribution in [1.29, 1.82) is 0 Å². The third-order valence-electron chi connectivity index (χ3n) is 3.38. The molecule has 18 heavy (non-hydrogen) atoms. The molecule has 0 aliphatic carbocycles. The van der Waals surface area contributed by atoms with Gasteiger partial charge in [-0.2, -0.15) is 11.8 Å². The normalized spacial score (nSPS) is 19.2. The van der Waals surface area contributed by atoms with E-state index in [1.54, 1.807) is 7.05 Å². The van der Waals surface area contributed by atoms with Gasteiger partial charge in [-0.05, 0) is 36.9 Å². The minimum atomic E-state index is -0.0177. The van der Waals surface area contributed by atoms with Gasteiger partial charge in [0.25, 0.3) is 5.91 Å². The largest absolute Gasteiger partial charge is 0.355 e. The lowest BCUT2D eigenvalue weighted by atomic mass is 10.1. The molecule has 0 spiro atoms. The van der Waals surface area contributed by atoms with Gasteiger partial charge in [-0.3, -0.25) is 9.69 Å². The lowest BCUT2D eigenvalue weighted by Gasteiger charge is -2.23. The van der Waals surface area contributed by atoms with E-state index in [1.165, 1.54) is 23.5 Å². The van der Waals surface area contributed by atoms with E-state index in [0.29, 0.717) is 6.04 Å². The van der Waals surface area contributed by atoms with Crippen LogP contribution >= 0.6 is 11.8 Å². The van der Waals surface area contributed by atoms with Crippen molar-refractivity contribution in [1.82, 2.24) is 10.2 Å². The zero-order valence-corrected chi connectivity index (χ0v) is 11.8. The van der Waals surface area contributed by atoms with Gasteiger partial charge in [0, 0.05) is 31.0 Å². The van der Waals surface area contributed by atoms with Crippen molar-refractivity contribution in [3.05, 3.63) is 35.4 Å². The predicted molar refractivity (Wildman–Crippen MR) is 77.0 cm³/mol. The van der Waals surface area contributed by atoms with Gasteiger partial charge in [0.1, 0.15) is 0 Å². The molecule has 0 bridgehead atoms. The summed E-state index contributed by atoms with van der Waals surface area (Å²) in [6.45, 7) is 0.913. The molecule has 1 N–H and O–H groups in total. The second-order valence-corrected chi connectivity index (χ2v) is 5.86. The summed E-state index contributed by atoms with van der Waals surface area (Å²) in [4.78, 5) is 14.0. The van der Waals surface area contributed by atoms with Crippen molar-refractivity contribution >= 4 is 17.7 Å². The summed E-state index contributed by atoms with van der Waals surface area (Å²) in [5.41, 5.74) is 1.94. The molecule has 0 aromatic heterocycles. The lowest BCUT2D eigenvalue weighted by Crippen LogP contribution is -2.31. The molecule has 1 aromatic rings. The molecular weight excluding hydrogens is 244 g/mol. The maximum atomic E-state index is 11.6. The average molecular weight is 264 g/mol. The first kappa shape index (κ1) is 13.4. The van der Waals surface area contributed by atoms with Gasteiger partial charge >= 0.3 is 0 Å². The number of nitrogens with one attached hydrogen (secondary N) is 1. The summed E-state index contributed by atoms with van der Waals surface area (Å²) in [5, 5.41) is 2.66. The number of carbonyl (C=O) groups is 1. The van der Waals surface area contributed by atoms with Crippen molar-refractivity contribution in [2.24, 2.45) is 0 Å². The van der Waals surface area contributed by atoms with Crippen LogP contribution in [0, 0.1) is 0 Å². The van der Waals surface area contributed by atoms with Crippen LogP contribution in [0.3, 0.4) is 0 Å². The number of hydrogen-bond donors (Lipinski definition) is 1. The quantitative estimate of drug-likeness (QED) is 0.902. The van der Waals surface area contributed by atoms with Crippen molar-refractivity contribution < 1.29 is 4.79 Å². The summed E-state index contributed by atoms with van der Waals surface area (Å²) >= 11 is 2.03. The number of hydrogen-bond acceptors (Lipinski definition) is 3. The lowest BCUT2D eigenvalue weighted by molar-refractivity contribution is 0.0963. The fourth-order valence-corrected chi connectivity index (χ4v) is 3.54. The first-order valence-corrected chi connectivity index (χ1v) is 7.45. The molecule has 1 atom stereocenters. The van der Waals surface area contributed by atoms with Gasteiger partial charge in [0.05, 0.1) is 0 Å². The Morgan fingerprint density at radius 1 is 1.56 bits per heavy atom. The number of benzene rings is 1. The first-order valence-electron chi connectivity index (χ1n) is 6.29. The second-order valence-electron chi connectivity index (χ2n) is 4.71. The Bertz CT molecular complexity index is 416. The number of thioether (sulfide) groups is 1. The number of amides is 1. The van der Waals surface area contributed by atoms with Crippen LogP contribution in [0.5, 0.6) is 0 Å². The Morgan fingerprint density at radius 2 is 2.39 bits per heavy atom. The Labute approximate surface area is 113 Å². The van der Waals surface area contributed by atoms with Crippen molar-refractivity contribution in [3.8, 4) is 0 Å². The molecule has 0 saturated carbocycles. The topological polar surface area (TPSA) is 32.3 Å². The zero-order chi connectivity index (χ0) is 13.0. The Balaban J connectivity index is 2.02. The summed E-state index contributed by atoms with van der Waals surface area (Å²) < 4.78 is 0. The fraction of sp³-hybridized carbons (Fsp3) is 0.500. The van der Waals surface area contributed by atoms with Crippen LogP contribution in [-0.4, -0.2) is 42.4 Å². The highest BCUT2D eigenvalue weighted by Gasteiger charge is 2.20. The van der Waals surface area contributed by atoms with Gasteiger partial charge in [-0.25, -0.2) is 0 Å². The van der Waals surface area contributed by atoms with Gasteiger partial charge in [-0.15, -0.1) is 0 Å². The zero-order valence-electron chi connectivity index (χ0n) is 11.0. The Hall–Kier alpha value is -1.00. The molecule has 4 heteroatoms. The highest BCUT2D eigenvalue weighted by molar-refractivity contribution is 7.99. The molecule has 98 valence electrons. The van der Waals surface area contributed by atoms with Gasteiger partial charge in [0.2, 0.25) is 0 Å². The fourth-order valence-electron chi connectivity index (χ4n) is 2.24. The van der Waals surface area contributed by atoms with Crippen LogP contribution in [0.15, 0.2) is 24.3 Å². The van der Waals surface area contributed by atoms with Crippen LogP contribution in [-0.2, 0) is 6.54 Å². The summed E-state index contributed by atoms with van der Waals surface area (Å²) in [7, 11) is 3.83. The standard InChI is InChI=1S/C14H20N2OS/c1-15-14(17)12-5-3-4-11(8-12)9-16(2)13-6-7-18-10-13/h3-5,8,13H,6-7,9-10H2,1-2H3,(H,15,17)/t13-/m0/s1. The minimum absolute atomic E-state index is 0.0177. The Kier molecular flexibility index (Phi) is 4.66. The molecule has 1 heterocycles. The van der Waals surface area contributed by atoms with E-state index in [1.807, 2.05) is 30.0 Å². The molecular formula is C14H20N2OS. The molecule has 1 aromatic carbocycles. The third kappa shape index (κ3) is 3.27. The molecule has 1 saturated heterocycles. The molecule has 3 nitrogen and oxygen atoms in total. The number of carbonyl (C=O) groups excluding carboxylic acids is 1. The molecule has 1 amide bonds. The van der Waals surface area contributed by atoms with Crippen LogP contribution in [0.1, 0.15) is 22.3 Å². The SMILES string of the molecule is CNC(=O)c1cccc(CN(C)[C@H]2CCSC2)c1. The molecule has 1 fully saturated rings. The van der Waals surface area contributed by atoms with Gasteiger partial charge in [-0.1, -0.05) is 12.1 Å². The second kappa shape index (κ2) is 6.25. The Morgan fingerprint density at radius 3 is 3.06 bits per heavy atom. The van der Waals surface area contributed by atoms with Crippen molar-refractivity contribution in [2.75, 3.05) is 25.6 Å². The molecule has 1 aliphatic heterocycles. The molecule has 1 aliphatic rings. The van der Waals surface area contributed by atoms with E-state index < -0.39 is 0 Å². The highest BCUT2D eigenvalue weighted by atomic mass is 32.2. The minimum Gasteiger partial charge on any atom is -0.355 e. The number of rotatable bonds is 4. The monoisotopic (exact) mass is 264 g/mol. The van der Waals surface area contributed by atoms with E-state index in [-0.39, 0.29) is 5.91 Å². The van der Waals surface area contributed by atoms with Gasteiger partial charge in [0.15, 0.2) is 0 Å². The summed E-state index contributed by atoms with van der Waals surface area (Å²) in [5.74, 6) is 2.48. The van der Waals surface area contributed by atoms with Crippen LogP contribution in [0.2, 0.25) is 0 Å². The van der Waals surface area contributed by atoms with E-state index in [2.05, 4.69) is 23.3 Å². The van der Waals surface area contributed by atoms with Crippen LogP contribution in [0.4, 0.5) is 0 Å². The van der Waals surface area contributed by atoms with Crippen molar-refractivity contribution in [3.63, 3.8) is 0 Å². The maximum absolute atomic E-state index is 11.6. The summed E-state index contributed by atoms with van der Waals surface area (Å²) in [6.07, 6.45) is 1.27. The molecule has 0 radical (unpaired) electrons. The third-order valence-corrected chi connectivity index (χ3v) is 4.52. The molecule has 2 rings (SSSR count). The first-order chi connectivity index (χ1) is 8.70. The van der Waals surface area contributed by atoms with E-state index in [9.17, 15) is 4.79 Å².